The van der Waals surface area contributed by atoms with Crippen LogP contribution >= 0.6 is 0 Å². The van der Waals surface area contributed by atoms with Crippen LogP contribution in [0.5, 0.6) is 0 Å². The molecule has 0 aliphatic carbocycles. The Morgan fingerprint density at radius 2 is 1.86 bits per heavy atom. The minimum atomic E-state index is 0.329. The monoisotopic (exact) mass is 375 g/mol. The van der Waals surface area contributed by atoms with Gasteiger partial charge in [-0.05, 0) is 18.2 Å². The third-order valence-electron chi connectivity index (χ3n) is 5.13. The molecule has 8 nitrogen and oxygen atoms in total. The second kappa shape index (κ2) is 6.97. The van der Waals surface area contributed by atoms with Gasteiger partial charge in [-0.15, -0.1) is 5.10 Å². The highest BCUT2D eigenvalue weighted by atomic mass is 16.3. The Balaban J connectivity index is 1.35. The Kier molecular flexibility index (Phi) is 4.17. The fourth-order valence-corrected chi connectivity index (χ4v) is 3.61. The fourth-order valence-electron chi connectivity index (χ4n) is 3.61. The van der Waals surface area contributed by atoms with Crippen molar-refractivity contribution in [2.75, 3.05) is 36.8 Å². The number of nitrogens with zero attached hydrogens (tertiary/aromatic N) is 6. The first-order valence-corrected chi connectivity index (χ1v) is 9.33. The zero-order valence-corrected chi connectivity index (χ0v) is 15.4. The summed E-state index contributed by atoms with van der Waals surface area (Å²) in [6.07, 6.45) is 5.04. The van der Waals surface area contributed by atoms with Crippen LogP contribution in [0, 0.1) is 0 Å². The molecule has 1 aromatic carbocycles. The molecule has 0 atom stereocenters. The van der Waals surface area contributed by atoms with Gasteiger partial charge in [0, 0.05) is 50.2 Å². The van der Waals surface area contributed by atoms with Gasteiger partial charge in [-0.25, -0.2) is 9.97 Å². The van der Waals surface area contributed by atoms with Crippen molar-refractivity contribution in [3.63, 3.8) is 0 Å². The third kappa shape index (κ3) is 3.07. The lowest BCUT2D eigenvalue weighted by molar-refractivity contribution is 0.250. The number of nitrogen functional groups attached to an aromatic ring is 1. The Bertz CT molecular complexity index is 1070. The molecule has 1 saturated heterocycles. The van der Waals surface area contributed by atoms with Crippen LogP contribution in [0.2, 0.25) is 0 Å². The zero-order chi connectivity index (χ0) is 18.9. The first-order chi connectivity index (χ1) is 13.8. The molecule has 142 valence electrons. The van der Waals surface area contributed by atoms with Gasteiger partial charge in [0.15, 0.2) is 11.5 Å². The smallest absolute Gasteiger partial charge is 0.223 e. The van der Waals surface area contributed by atoms with Gasteiger partial charge in [-0.1, -0.05) is 18.2 Å². The predicted molar refractivity (Wildman–Crippen MR) is 107 cm³/mol. The molecule has 5 rings (SSSR count). The van der Waals surface area contributed by atoms with E-state index < -0.39 is 0 Å². The second-order valence-electron chi connectivity index (χ2n) is 6.92. The van der Waals surface area contributed by atoms with Crippen molar-refractivity contribution in [3.8, 4) is 11.4 Å². The number of hydrogen-bond donors (Lipinski definition) is 1. The maximum Gasteiger partial charge on any atom is 0.223 e. The molecular formula is C20H21N7O. The molecule has 1 aliphatic rings. The lowest BCUT2D eigenvalue weighted by Gasteiger charge is -2.36. The summed E-state index contributed by atoms with van der Waals surface area (Å²) in [5.74, 6) is 0.915. The lowest BCUT2D eigenvalue weighted by Crippen LogP contribution is -2.46. The van der Waals surface area contributed by atoms with Crippen LogP contribution in [0.1, 0.15) is 5.56 Å². The molecule has 1 fully saturated rings. The van der Waals surface area contributed by atoms with Crippen LogP contribution in [-0.2, 0) is 6.54 Å². The van der Waals surface area contributed by atoms with E-state index in [1.54, 1.807) is 17.0 Å². The molecule has 28 heavy (non-hydrogen) atoms. The molecule has 4 heterocycles. The van der Waals surface area contributed by atoms with Crippen molar-refractivity contribution in [2.24, 2.45) is 0 Å². The number of nitrogens with two attached hydrogens (primary N) is 1. The first kappa shape index (κ1) is 16.8. The van der Waals surface area contributed by atoms with Crippen molar-refractivity contribution in [1.82, 2.24) is 24.5 Å². The molecule has 0 saturated carbocycles. The Labute approximate surface area is 162 Å². The highest BCUT2D eigenvalue weighted by Gasteiger charge is 2.20. The van der Waals surface area contributed by atoms with E-state index >= 15 is 0 Å². The Morgan fingerprint density at radius 3 is 2.61 bits per heavy atom. The molecule has 4 aromatic rings. The highest BCUT2D eigenvalue weighted by molar-refractivity contribution is 5.60. The van der Waals surface area contributed by atoms with Crippen LogP contribution in [0.25, 0.3) is 17.0 Å². The quantitative estimate of drug-likeness (QED) is 0.585. The van der Waals surface area contributed by atoms with Crippen LogP contribution in [0.4, 0.5) is 11.6 Å². The summed E-state index contributed by atoms with van der Waals surface area (Å²) in [5.41, 5.74) is 9.88. The van der Waals surface area contributed by atoms with Crippen molar-refractivity contribution in [1.29, 1.82) is 0 Å². The normalized spacial score (nSPS) is 15.4. The number of aromatic nitrogens is 4. The number of hydrogen-bond acceptors (Lipinski definition) is 7. The molecule has 8 heteroatoms. The maximum absolute atomic E-state index is 6.01. The zero-order valence-electron chi connectivity index (χ0n) is 15.4. The molecule has 0 unspecified atom stereocenters. The van der Waals surface area contributed by atoms with Gasteiger partial charge in [0.2, 0.25) is 5.95 Å². The fraction of sp³-hybridized carbons (Fsp3) is 0.250. The number of anilines is 2. The number of rotatable bonds is 4. The van der Waals surface area contributed by atoms with E-state index in [-0.39, 0.29) is 0 Å². The van der Waals surface area contributed by atoms with E-state index in [0.717, 1.165) is 49.5 Å². The molecule has 0 bridgehead atoms. The van der Waals surface area contributed by atoms with E-state index in [4.69, 9.17) is 10.2 Å². The Morgan fingerprint density at radius 1 is 1.04 bits per heavy atom. The number of furan rings is 1. The SMILES string of the molecule is Nc1ncc(CN2CCN(c3ccccc3)CC2)c2nc(-c3ccoc3)nn12. The molecule has 2 N–H and O–H groups in total. The van der Waals surface area contributed by atoms with Crippen molar-refractivity contribution in [2.45, 2.75) is 6.54 Å². The van der Waals surface area contributed by atoms with E-state index in [1.165, 1.54) is 5.69 Å². The van der Waals surface area contributed by atoms with Crippen molar-refractivity contribution < 1.29 is 4.42 Å². The van der Waals surface area contributed by atoms with Crippen LogP contribution in [0.3, 0.4) is 0 Å². The van der Waals surface area contributed by atoms with Gasteiger partial charge in [0.25, 0.3) is 0 Å². The molecule has 3 aromatic heterocycles. The summed E-state index contributed by atoms with van der Waals surface area (Å²) in [4.78, 5) is 13.8. The van der Waals surface area contributed by atoms with Crippen molar-refractivity contribution in [3.05, 3.63) is 60.7 Å². The largest absolute Gasteiger partial charge is 0.472 e. The van der Waals surface area contributed by atoms with Gasteiger partial charge < -0.3 is 15.1 Å². The minimum Gasteiger partial charge on any atom is -0.472 e. The molecule has 0 spiro atoms. The van der Waals surface area contributed by atoms with Gasteiger partial charge >= 0.3 is 0 Å². The van der Waals surface area contributed by atoms with Gasteiger partial charge in [0.1, 0.15) is 6.26 Å². The average Bonchev–Trinajstić information content (AvgIpc) is 3.42. The van der Waals surface area contributed by atoms with Gasteiger partial charge in [-0.2, -0.15) is 4.52 Å². The topological polar surface area (TPSA) is 88.7 Å². The summed E-state index contributed by atoms with van der Waals surface area (Å²) < 4.78 is 6.75. The van der Waals surface area contributed by atoms with Crippen LogP contribution in [0.15, 0.2) is 59.5 Å². The molecule has 0 amide bonds. The Hall–Kier alpha value is -3.39. The maximum atomic E-state index is 6.01. The van der Waals surface area contributed by atoms with E-state index in [0.29, 0.717) is 11.8 Å². The average molecular weight is 375 g/mol. The summed E-state index contributed by atoms with van der Waals surface area (Å²) in [6.45, 7) is 4.72. The summed E-state index contributed by atoms with van der Waals surface area (Å²) in [6, 6.07) is 12.4. The van der Waals surface area contributed by atoms with Gasteiger partial charge in [0.05, 0.1) is 11.8 Å². The number of piperazine rings is 1. The summed E-state index contributed by atoms with van der Waals surface area (Å²) in [7, 11) is 0. The third-order valence-corrected chi connectivity index (χ3v) is 5.13. The van der Waals surface area contributed by atoms with Crippen LogP contribution < -0.4 is 10.6 Å². The molecule has 0 radical (unpaired) electrons. The summed E-state index contributed by atoms with van der Waals surface area (Å²) in [5, 5.41) is 4.49. The highest BCUT2D eigenvalue weighted by Crippen LogP contribution is 2.21. The van der Waals surface area contributed by atoms with Crippen molar-refractivity contribution >= 4 is 17.3 Å². The minimum absolute atomic E-state index is 0.329. The van der Waals surface area contributed by atoms with E-state index in [2.05, 4.69) is 55.2 Å². The van der Waals surface area contributed by atoms with Crippen LogP contribution in [-0.4, -0.2) is 50.7 Å². The number of para-hydroxylation sites is 1. The first-order valence-electron chi connectivity index (χ1n) is 9.33. The lowest BCUT2D eigenvalue weighted by atomic mass is 10.2. The number of fused-ring (bicyclic) bond motifs is 1. The summed E-state index contributed by atoms with van der Waals surface area (Å²) >= 11 is 0. The predicted octanol–water partition coefficient (Wildman–Crippen LogP) is 2.29. The van der Waals surface area contributed by atoms with Gasteiger partial charge in [-0.3, -0.25) is 4.90 Å². The standard InChI is InChI=1S/C20H21N7O/c21-20-22-12-16(19-23-18(24-27(19)20)15-6-11-28-14-15)13-25-7-9-26(10-8-25)17-4-2-1-3-5-17/h1-6,11-12,14H,7-10,13H2,(H2,21,22). The van der Waals surface area contributed by atoms with E-state index in [9.17, 15) is 0 Å². The molecule has 1 aliphatic heterocycles. The second-order valence-corrected chi connectivity index (χ2v) is 6.92. The van der Waals surface area contributed by atoms with E-state index in [1.807, 2.05) is 12.3 Å². The molecular weight excluding hydrogens is 354 g/mol. The number of benzene rings is 1.